The van der Waals surface area contributed by atoms with E-state index >= 15 is 0 Å². The van der Waals surface area contributed by atoms with E-state index in [-0.39, 0.29) is 0 Å². The number of unbranched alkanes of at least 4 members (excludes halogenated alkanes) is 1. The predicted octanol–water partition coefficient (Wildman–Crippen LogP) is 5.63. The molecule has 0 aromatic carbocycles. The maximum absolute atomic E-state index is 9.75. The lowest BCUT2D eigenvalue weighted by atomic mass is 10.2. The Morgan fingerprint density at radius 3 is 0.929 bits per heavy atom. The first-order chi connectivity index (χ1) is 12.7. The molecule has 0 aliphatic carbocycles. The zero-order chi connectivity index (χ0) is 21.9. The van der Waals surface area contributed by atoms with Gasteiger partial charge in [0.25, 0.3) is 0 Å². The fourth-order valence-electron chi connectivity index (χ4n) is 4.30. The van der Waals surface area contributed by atoms with Crippen LogP contribution in [0.4, 0.5) is 34.5 Å². The summed E-state index contributed by atoms with van der Waals surface area (Å²) in [6, 6.07) is 0. The highest BCUT2D eigenvalue weighted by atomic mass is 19.5. The first-order valence-corrected chi connectivity index (χ1v) is 10.2. The fourth-order valence-corrected chi connectivity index (χ4v) is 4.30. The third-order valence-electron chi connectivity index (χ3n) is 5.89. The summed E-state index contributed by atoms with van der Waals surface area (Å²) >= 11 is 0. The Morgan fingerprint density at radius 2 is 0.750 bits per heavy atom. The highest BCUT2D eigenvalue weighted by Gasteiger charge is 2.31. The van der Waals surface area contributed by atoms with Gasteiger partial charge in [-0.2, -0.15) is 0 Å². The summed E-state index contributed by atoms with van der Waals surface area (Å²) < 4.78 is 80.9. The van der Waals surface area contributed by atoms with Crippen LogP contribution in [0.15, 0.2) is 0 Å². The normalized spacial score (nSPS) is 20.8. The number of hydrogen-bond donors (Lipinski definition) is 0. The van der Waals surface area contributed by atoms with Crippen molar-refractivity contribution in [2.45, 2.75) is 52.4 Å². The average Bonchev–Trinajstić information content (AvgIpc) is 3.19. The molecule has 0 saturated carbocycles. The van der Waals surface area contributed by atoms with Crippen molar-refractivity contribution in [1.29, 1.82) is 0 Å². The van der Waals surface area contributed by atoms with Gasteiger partial charge in [0.2, 0.25) is 0 Å². The molecule has 2 saturated heterocycles. The van der Waals surface area contributed by atoms with Crippen LogP contribution < -0.4 is 0 Å². The molecule has 28 heavy (non-hydrogen) atoms. The van der Waals surface area contributed by atoms with E-state index in [4.69, 9.17) is 0 Å². The Morgan fingerprint density at radius 1 is 0.536 bits per heavy atom. The lowest BCUT2D eigenvalue weighted by Gasteiger charge is -2.35. The van der Waals surface area contributed by atoms with Crippen molar-refractivity contribution in [3.63, 3.8) is 0 Å². The second-order valence-electron chi connectivity index (χ2n) is 7.77. The molecule has 2 rings (SSSR count). The number of halogens is 8. The number of rotatable bonds is 7. The summed E-state index contributed by atoms with van der Waals surface area (Å²) in [7, 11) is -12.0. The summed E-state index contributed by atoms with van der Waals surface area (Å²) in [6.45, 7) is 16.3. The van der Waals surface area contributed by atoms with Gasteiger partial charge in [-0.05, 0) is 13.8 Å². The van der Waals surface area contributed by atoms with Crippen LogP contribution in [0.1, 0.15) is 52.4 Å². The first-order valence-electron chi connectivity index (χ1n) is 10.2. The van der Waals surface area contributed by atoms with Crippen LogP contribution in [0, 0.1) is 0 Å². The zero-order valence-corrected chi connectivity index (χ0v) is 17.0. The summed E-state index contributed by atoms with van der Waals surface area (Å²) in [5.41, 5.74) is 0. The Hall–Kier alpha value is -0.510. The SMILES string of the molecule is CC[N+]1(CCCC[N+]2(CC)CCCC2)CCCC1.F[B-](F)(F)F.F[B-](F)(F)F. The standard InChI is InChI=1S/C16H34N2.2BF4/c1-3-17(11-5-6-12-17)15-9-10-16-18(4-2)13-7-8-14-18;2*2-1(3,4)5/h3-16H2,1-2H3;;/q+2;2*-1. The van der Waals surface area contributed by atoms with Crippen molar-refractivity contribution in [2.75, 3.05) is 52.4 Å². The summed E-state index contributed by atoms with van der Waals surface area (Å²) in [6.07, 6.45) is 8.83. The fraction of sp³-hybridized carbons (Fsp3) is 1.00. The maximum atomic E-state index is 9.75. The highest BCUT2D eigenvalue weighted by molar-refractivity contribution is 6.50. The van der Waals surface area contributed by atoms with Gasteiger partial charge >= 0.3 is 14.5 Å². The molecule has 170 valence electrons. The smallest absolute Gasteiger partial charge is 0.418 e. The lowest BCUT2D eigenvalue weighted by Crippen LogP contribution is -2.47. The molecule has 2 heterocycles. The molecule has 0 radical (unpaired) electrons. The van der Waals surface area contributed by atoms with Crippen LogP contribution in [0.5, 0.6) is 0 Å². The average molecular weight is 428 g/mol. The second kappa shape index (κ2) is 12.2. The molecule has 2 fully saturated rings. The molecule has 0 unspecified atom stereocenters. The lowest BCUT2D eigenvalue weighted by molar-refractivity contribution is -0.921. The largest absolute Gasteiger partial charge is 0.673 e. The second-order valence-corrected chi connectivity index (χ2v) is 7.77. The first kappa shape index (κ1) is 27.5. The highest BCUT2D eigenvalue weighted by Crippen LogP contribution is 2.22. The van der Waals surface area contributed by atoms with Crippen molar-refractivity contribution in [1.82, 2.24) is 0 Å². The van der Waals surface area contributed by atoms with Gasteiger partial charge in [-0.1, -0.05) is 0 Å². The van der Waals surface area contributed by atoms with Gasteiger partial charge in [-0.3, -0.25) is 0 Å². The molecule has 0 bridgehead atoms. The molecule has 0 amide bonds. The van der Waals surface area contributed by atoms with Crippen LogP contribution in [0.2, 0.25) is 0 Å². The van der Waals surface area contributed by atoms with E-state index in [0.29, 0.717) is 0 Å². The quantitative estimate of drug-likeness (QED) is 0.214. The van der Waals surface area contributed by atoms with Crippen molar-refractivity contribution in [2.24, 2.45) is 0 Å². The van der Waals surface area contributed by atoms with Crippen LogP contribution in [0.25, 0.3) is 0 Å². The third-order valence-corrected chi connectivity index (χ3v) is 5.89. The molecule has 2 nitrogen and oxygen atoms in total. The number of nitrogens with zero attached hydrogens (tertiary/aromatic N) is 2. The predicted molar refractivity (Wildman–Crippen MR) is 98.9 cm³/mol. The molecule has 2 aliphatic heterocycles. The minimum absolute atomic E-state index is 1.37. The van der Waals surface area contributed by atoms with Gasteiger partial charge in [0, 0.05) is 38.5 Å². The Balaban J connectivity index is 0.000000607. The van der Waals surface area contributed by atoms with Crippen molar-refractivity contribution in [3.05, 3.63) is 0 Å². The molecule has 0 spiro atoms. The van der Waals surface area contributed by atoms with E-state index in [0.717, 1.165) is 0 Å². The minimum Gasteiger partial charge on any atom is -0.418 e. The van der Waals surface area contributed by atoms with E-state index in [9.17, 15) is 34.5 Å². The van der Waals surface area contributed by atoms with Gasteiger partial charge in [-0.15, -0.1) is 0 Å². The van der Waals surface area contributed by atoms with E-state index in [1.165, 1.54) is 99.8 Å². The molecule has 0 aromatic rings. The number of likely N-dealkylation sites (tertiary alicyclic amines) is 2. The topological polar surface area (TPSA) is 0 Å². The van der Waals surface area contributed by atoms with Crippen LogP contribution in [-0.2, 0) is 0 Å². The van der Waals surface area contributed by atoms with Crippen molar-refractivity contribution in [3.8, 4) is 0 Å². The zero-order valence-electron chi connectivity index (χ0n) is 17.0. The summed E-state index contributed by atoms with van der Waals surface area (Å²) in [5.74, 6) is 0. The van der Waals surface area contributed by atoms with Gasteiger partial charge in [0.05, 0.1) is 52.4 Å². The van der Waals surface area contributed by atoms with Gasteiger partial charge in [-0.25, -0.2) is 0 Å². The summed E-state index contributed by atoms with van der Waals surface area (Å²) in [4.78, 5) is 0. The van der Waals surface area contributed by atoms with Crippen molar-refractivity contribution < 1.29 is 43.5 Å². The van der Waals surface area contributed by atoms with E-state index in [1.54, 1.807) is 0 Å². The van der Waals surface area contributed by atoms with Gasteiger partial charge in [0.1, 0.15) is 0 Å². The molecule has 2 aliphatic rings. The number of hydrogen-bond acceptors (Lipinski definition) is 0. The Bertz CT molecular complexity index is 356. The molecule has 12 heteroatoms. The molecular formula is C16H34B2F8N2. The van der Waals surface area contributed by atoms with Crippen LogP contribution in [0.3, 0.4) is 0 Å². The van der Waals surface area contributed by atoms with E-state index in [1.807, 2.05) is 0 Å². The Labute approximate surface area is 163 Å². The minimum atomic E-state index is -6.00. The van der Waals surface area contributed by atoms with E-state index < -0.39 is 14.5 Å². The maximum Gasteiger partial charge on any atom is 0.673 e. The Kier molecular flexibility index (Phi) is 12.0. The molecule has 0 atom stereocenters. The van der Waals surface area contributed by atoms with Crippen LogP contribution in [-0.4, -0.2) is 75.8 Å². The monoisotopic (exact) mass is 428 g/mol. The molecule has 0 aromatic heterocycles. The third kappa shape index (κ3) is 14.5. The molecular weight excluding hydrogens is 394 g/mol. The number of quaternary nitrogens is 2. The van der Waals surface area contributed by atoms with E-state index in [2.05, 4.69) is 13.8 Å². The van der Waals surface area contributed by atoms with Crippen molar-refractivity contribution >= 4 is 14.5 Å². The van der Waals surface area contributed by atoms with Gasteiger partial charge in [0.15, 0.2) is 0 Å². The van der Waals surface area contributed by atoms with Gasteiger partial charge < -0.3 is 43.5 Å². The molecule has 0 N–H and O–H groups in total. The summed E-state index contributed by atoms with van der Waals surface area (Å²) in [5, 5.41) is 0. The van der Waals surface area contributed by atoms with Crippen LogP contribution >= 0.6 is 0 Å².